The van der Waals surface area contributed by atoms with Crippen LogP contribution in [0.2, 0.25) is 0 Å². The van der Waals surface area contributed by atoms with Crippen molar-refractivity contribution < 1.29 is 33.3 Å². The summed E-state index contributed by atoms with van der Waals surface area (Å²) in [5.74, 6) is 0.100. The number of hydrogen-bond acceptors (Lipinski definition) is 7. The van der Waals surface area contributed by atoms with Gasteiger partial charge >= 0.3 is 0 Å². The lowest BCUT2D eigenvalue weighted by Gasteiger charge is -2.24. The number of aliphatic hydroxyl groups is 1. The van der Waals surface area contributed by atoms with Gasteiger partial charge in [0.1, 0.15) is 29.4 Å². The molecule has 2 unspecified atom stereocenters. The van der Waals surface area contributed by atoms with Gasteiger partial charge in [0, 0.05) is 23.7 Å². The molecule has 0 spiro atoms. The Bertz CT molecular complexity index is 1310. The Kier molecular flexibility index (Phi) is 5.28. The van der Waals surface area contributed by atoms with Crippen molar-refractivity contribution >= 4 is 23.1 Å². The fourth-order valence-corrected chi connectivity index (χ4v) is 4.51. The second-order valence-electron chi connectivity index (χ2n) is 8.18. The van der Waals surface area contributed by atoms with Crippen molar-refractivity contribution in [1.29, 1.82) is 0 Å². The van der Waals surface area contributed by atoms with Crippen molar-refractivity contribution in [2.75, 3.05) is 19.1 Å². The lowest BCUT2D eigenvalue weighted by atomic mass is 9.97. The molecule has 1 N–H and O–H groups in total. The number of furan rings is 1. The first-order valence-corrected chi connectivity index (χ1v) is 10.8. The molecular weight excluding hydrogens is 438 g/mol. The molecule has 1 amide bonds. The predicted molar refractivity (Wildman–Crippen MR) is 123 cm³/mol. The molecule has 3 heterocycles. The molecule has 34 heavy (non-hydrogen) atoms. The molecule has 8 nitrogen and oxygen atoms in total. The highest BCUT2D eigenvalue weighted by molar-refractivity contribution is 6.51. The monoisotopic (exact) mass is 461 g/mol. The molecule has 0 radical (unpaired) electrons. The third-order valence-electron chi connectivity index (χ3n) is 6.07. The van der Waals surface area contributed by atoms with Crippen LogP contribution in [-0.2, 0) is 16.0 Å². The van der Waals surface area contributed by atoms with E-state index in [1.807, 2.05) is 6.92 Å². The van der Waals surface area contributed by atoms with Crippen LogP contribution in [0.5, 0.6) is 17.2 Å². The minimum Gasteiger partial charge on any atom is -0.507 e. The number of carbonyl (C=O) groups is 2. The Balaban J connectivity index is 1.66. The highest BCUT2D eigenvalue weighted by Gasteiger charge is 2.48. The van der Waals surface area contributed by atoms with Gasteiger partial charge in [-0.05, 0) is 55.0 Å². The summed E-state index contributed by atoms with van der Waals surface area (Å²) in [6.07, 6.45) is 2.18. The van der Waals surface area contributed by atoms with Crippen LogP contribution >= 0.6 is 0 Å². The smallest absolute Gasteiger partial charge is 0.300 e. The number of Topliss-reactive ketones (excluding diaryl/α,β-unsaturated/α-hetero) is 1. The largest absolute Gasteiger partial charge is 0.507 e. The van der Waals surface area contributed by atoms with Crippen molar-refractivity contribution in [3.8, 4) is 17.2 Å². The van der Waals surface area contributed by atoms with Crippen molar-refractivity contribution in [3.63, 3.8) is 0 Å². The molecule has 1 saturated heterocycles. The van der Waals surface area contributed by atoms with Gasteiger partial charge in [0.2, 0.25) is 0 Å². The van der Waals surface area contributed by atoms with E-state index in [0.717, 1.165) is 11.3 Å². The number of ether oxygens (including phenoxy) is 3. The number of rotatable bonds is 5. The number of methoxy groups -OCH3 is 2. The van der Waals surface area contributed by atoms with Crippen LogP contribution < -0.4 is 19.1 Å². The number of fused-ring (bicyclic) bond motifs is 1. The third kappa shape index (κ3) is 3.39. The summed E-state index contributed by atoms with van der Waals surface area (Å²) in [6, 6.07) is 12.5. The minimum atomic E-state index is -0.962. The highest BCUT2D eigenvalue weighted by Crippen LogP contribution is 2.44. The zero-order valence-electron chi connectivity index (χ0n) is 18.9. The van der Waals surface area contributed by atoms with E-state index in [2.05, 4.69) is 0 Å². The van der Waals surface area contributed by atoms with E-state index in [1.54, 1.807) is 48.5 Å². The molecule has 3 aromatic rings. The molecule has 5 rings (SSSR count). The average molecular weight is 461 g/mol. The standard InChI is InChI=1S/C26H23NO7/c1-14-11-16-12-15(6-8-18(16)34-14)24(28)22-23(20-5-4-10-33-20)27(26(30)25(22)29)17-7-9-19(31-2)21(13-17)32-3/h4-10,12-14,23,28H,11H2,1-3H3/b24-22-. The molecule has 0 aliphatic carbocycles. The van der Waals surface area contributed by atoms with Crippen molar-refractivity contribution in [3.05, 3.63) is 77.3 Å². The molecule has 1 aromatic heterocycles. The molecule has 8 heteroatoms. The van der Waals surface area contributed by atoms with Gasteiger partial charge in [-0.15, -0.1) is 0 Å². The molecular formula is C26H23NO7. The Morgan fingerprint density at radius 2 is 1.85 bits per heavy atom. The van der Waals surface area contributed by atoms with E-state index in [4.69, 9.17) is 18.6 Å². The maximum Gasteiger partial charge on any atom is 0.300 e. The lowest BCUT2D eigenvalue weighted by molar-refractivity contribution is -0.132. The number of anilines is 1. The summed E-state index contributed by atoms with van der Waals surface area (Å²) < 4.78 is 22.0. The zero-order chi connectivity index (χ0) is 24.0. The maximum absolute atomic E-state index is 13.2. The second kappa shape index (κ2) is 8.30. The summed E-state index contributed by atoms with van der Waals surface area (Å²) >= 11 is 0. The number of carbonyl (C=O) groups excluding carboxylic acids is 2. The fraction of sp³-hybridized carbons (Fsp3) is 0.231. The van der Waals surface area contributed by atoms with Gasteiger partial charge in [-0.2, -0.15) is 0 Å². The first-order valence-electron chi connectivity index (χ1n) is 10.8. The summed E-state index contributed by atoms with van der Waals surface area (Å²) in [5, 5.41) is 11.3. The quantitative estimate of drug-likeness (QED) is 0.345. The normalized spacial score (nSPS) is 20.9. The number of hydrogen-bond donors (Lipinski definition) is 1. The van der Waals surface area contributed by atoms with Crippen LogP contribution in [0.4, 0.5) is 5.69 Å². The molecule has 0 bridgehead atoms. The molecule has 2 aliphatic heterocycles. The third-order valence-corrected chi connectivity index (χ3v) is 6.07. The van der Waals surface area contributed by atoms with Crippen molar-refractivity contribution in [2.45, 2.75) is 25.5 Å². The summed E-state index contributed by atoms with van der Waals surface area (Å²) in [4.78, 5) is 27.8. The number of aliphatic hydroxyl groups excluding tert-OH is 1. The number of nitrogens with zero attached hydrogens (tertiary/aromatic N) is 1. The Hall–Kier alpha value is -4.20. The van der Waals surface area contributed by atoms with Crippen LogP contribution in [0.3, 0.4) is 0 Å². The number of amides is 1. The van der Waals surface area contributed by atoms with Crippen LogP contribution in [0.25, 0.3) is 5.76 Å². The van der Waals surface area contributed by atoms with Crippen molar-refractivity contribution in [2.24, 2.45) is 0 Å². The van der Waals surface area contributed by atoms with E-state index in [1.165, 1.54) is 25.4 Å². The van der Waals surface area contributed by atoms with Crippen LogP contribution in [0, 0.1) is 0 Å². The fourth-order valence-electron chi connectivity index (χ4n) is 4.51. The first kappa shape index (κ1) is 21.6. The van der Waals surface area contributed by atoms with E-state index >= 15 is 0 Å². The van der Waals surface area contributed by atoms with Gasteiger partial charge in [0.25, 0.3) is 11.7 Å². The second-order valence-corrected chi connectivity index (χ2v) is 8.18. The lowest BCUT2D eigenvalue weighted by Crippen LogP contribution is -2.29. The molecule has 1 fully saturated rings. The van der Waals surface area contributed by atoms with E-state index in [-0.39, 0.29) is 17.4 Å². The van der Waals surface area contributed by atoms with Gasteiger partial charge in [0.15, 0.2) is 11.5 Å². The van der Waals surface area contributed by atoms with E-state index < -0.39 is 17.7 Å². The van der Waals surface area contributed by atoms with Gasteiger partial charge < -0.3 is 23.7 Å². The van der Waals surface area contributed by atoms with Crippen LogP contribution in [0.15, 0.2) is 64.8 Å². The maximum atomic E-state index is 13.2. The Morgan fingerprint density at radius 1 is 1.06 bits per heavy atom. The molecule has 2 atom stereocenters. The molecule has 174 valence electrons. The Labute approximate surface area is 196 Å². The molecule has 2 aliphatic rings. The average Bonchev–Trinajstić information content (AvgIpc) is 3.56. The zero-order valence-corrected chi connectivity index (χ0v) is 18.9. The van der Waals surface area contributed by atoms with Crippen LogP contribution in [0.1, 0.15) is 29.9 Å². The van der Waals surface area contributed by atoms with Gasteiger partial charge in [0.05, 0.1) is 26.1 Å². The topological polar surface area (TPSA) is 98.4 Å². The summed E-state index contributed by atoms with van der Waals surface area (Å²) in [5.41, 5.74) is 1.71. The first-order chi connectivity index (χ1) is 16.4. The molecule has 0 saturated carbocycles. The molecule has 2 aromatic carbocycles. The summed E-state index contributed by atoms with van der Waals surface area (Å²) in [6.45, 7) is 1.96. The summed E-state index contributed by atoms with van der Waals surface area (Å²) in [7, 11) is 2.99. The van der Waals surface area contributed by atoms with Crippen LogP contribution in [-0.4, -0.2) is 37.1 Å². The predicted octanol–water partition coefficient (Wildman–Crippen LogP) is 4.25. The Morgan fingerprint density at radius 3 is 2.56 bits per heavy atom. The SMILES string of the molecule is COc1ccc(N2C(=O)C(=O)/C(=C(\O)c3ccc4c(c3)CC(C)O4)C2c2ccco2)cc1OC. The van der Waals surface area contributed by atoms with Crippen molar-refractivity contribution in [1.82, 2.24) is 0 Å². The van der Waals surface area contributed by atoms with Gasteiger partial charge in [-0.25, -0.2) is 0 Å². The van der Waals surface area contributed by atoms with E-state index in [0.29, 0.717) is 34.9 Å². The minimum absolute atomic E-state index is 0.0335. The van der Waals surface area contributed by atoms with Gasteiger partial charge in [-0.3, -0.25) is 14.5 Å². The van der Waals surface area contributed by atoms with E-state index in [9.17, 15) is 14.7 Å². The highest BCUT2D eigenvalue weighted by atomic mass is 16.5. The number of ketones is 1. The number of benzene rings is 2. The van der Waals surface area contributed by atoms with Gasteiger partial charge in [-0.1, -0.05) is 0 Å².